The molecule has 4 heteroatoms. The molecule has 15 heavy (non-hydrogen) atoms. The second-order valence-corrected chi connectivity index (χ2v) is 4.20. The molecule has 0 aromatic carbocycles. The number of hydrogen-bond acceptors (Lipinski definition) is 3. The van der Waals surface area contributed by atoms with Gasteiger partial charge in [0, 0.05) is 38.6 Å². The van der Waals surface area contributed by atoms with Gasteiger partial charge in [-0.1, -0.05) is 6.92 Å². The minimum Gasteiger partial charge on any atom is -0.334 e. The zero-order valence-corrected chi connectivity index (χ0v) is 9.82. The van der Waals surface area contributed by atoms with Crippen molar-refractivity contribution in [3.05, 3.63) is 0 Å². The number of piperazine rings is 1. The number of nitrogens with zero attached hydrogens (tertiary/aromatic N) is 2. The summed E-state index contributed by atoms with van der Waals surface area (Å²) in [4.78, 5) is 26.8. The number of rotatable bonds is 3. The van der Waals surface area contributed by atoms with Crippen LogP contribution in [0.5, 0.6) is 0 Å². The first-order chi connectivity index (χ1) is 7.06. The SMILES string of the molecule is CCC(=O)C(=O)N1CCN(C(C)C)CC1. The Morgan fingerprint density at radius 3 is 2.07 bits per heavy atom. The third-order valence-corrected chi connectivity index (χ3v) is 2.89. The number of amides is 1. The molecule has 1 fully saturated rings. The van der Waals surface area contributed by atoms with Gasteiger partial charge in [-0.15, -0.1) is 0 Å². The Balaban J connectivity index is 2.44. The Bertz CT molecular complexity index is 243. The highest BCUT2D eigenvalue weighted by atomic mass is 16.2. The van der Waals surface area contributed by atoms with E-state index in [1.54, 1.807) is 11.8 Å². The Morgan fingerprint density at radius 2 is 1.67 bits per heavy atom. The fraction of sp³-hybridized carbons (Fsp3) is 0.818. The quantitative estimate of drug-likeness (QED) is 0.640. The smallest absolute Gasteiger partial charge is 0.290 e. The van der Waals surface area contributed by atoms with Crippen LogP contribution in [-0.4, -0.2) is 53.7 Å². The summed E-state index contributed by atoms with van der Waals surface area (Å²) in [5, 5.41) is 0. The summed E-state index contributed by atoms with van der Waals surface area (Å²) in [6.07, 6.45) is 0.309. The van der Waals surface area contributed by atoms with Crippen LogP contribution in [0.15, 0.2) is 0 Å². The van der Waals surface area contributed by atoms with E-state index in [2.05, 4.69) is 18.7 Å². The van der Waals surface area contributed by atoms with E-state index in [0.29, 0.717) is 25.6 Å². The molecule has 1 rings (SSSR count). The molecule has 0 N–H and O–H groups in total. The normalized spacial score (nSPS) is 18.3. The van der Waals surface area contributed by atoms with Gasteiger partial charge in [-0.2, -0.15) is 0 Å². The average Bonchev–Trinajstić information content (AvgIpc) is 2.27. The second kappa shape index (κ2) is 5.26. The van der Waals surface area contributed by atoms with Crippen molar-refractivity contribution in [1.82, 2.24) is 9.80 Å². The molecule has 0 aromatic rings. The lowest BCUT2D eigenvalue weighted by Gasteiger charge is -2.36. The zero-order chi connectivity index (χ0) is 11.4. The van der Waals surface area contributed by atoms with E-state index in [-0.39, 0.29) is 11.7 Å². The second-order valence-electron chi connectivity index (χ2n) is 4.20. The average molecular weight is 212 g/mol. The molecular formula is C11H20N2O2. The van der Waals surface area contributed by atoms with Crippen molar-refractivity contribution in [1.29, 1.82) is 0 Å². The lowest BCUT2D eigenvalue weighted by atomic mass is 10.2. The molecule has 0 radical (unpaired) electrons. The molecule has 1 saturated heterocycles. The van der Waals surface area contributed by atoms with E-state index in [0.717, 1.165) is 13.1 Å². The van der Waals surface area contributed by atoms with Crippen molar-refractivity contribution in [3.63, 3.8) is 0 Å². The summed E-state index contributed by atoms with van der Waals surface area (Å²) >= 11 is 0. The van der Waals surface area contributed by atoms with Crippen LogP contribution in [0.1, 0.15) is 27.2 Å². The molecular weight excluding hydrogens is 192 g/mol. The van der Waals surface area contributed by atoms with Crippen LogP contribution in [-0.2, 0) is 9.59 Å². The van der Waals surface area contributed by atoms with Gasteiger partial charge in [-0.3, -0.25) is 14.5 Å². The van der Waals surface area contributed by atoms with Crippen molar-refractivity contribution >= 4 is 11.7 Å². The monoisotopic (exact) mass is 212 g/mol. The Kier molecular flexibility index (Phi) is 4.27. The minimum absolute atomic E-state index is 0.270. The predicted molar refractivity (Wildman–Crippen MR) is 58.6 cm³/mol. The number of ketones is 1. The summed E-state index contributed by atoms with van der Waals surface area (Å²) in [5.41, 5.74) is 0. The van der Waals surface area contributed by atoms with E-state index in [1.807, 2.05) is 0 Å². The molecule has 1 amide bonds. The predicted octanol–water partition coefficient (Wildman–Crippen LogP) is 0.518. The van der Waals surface area contributed by atoms with Crippen LogP contribution in [0.3, 0.4) is 0 Å². The molecule has 86 valence electrons. The van der Waals surface area contributed by atoms with Crippen molar-refractivity contribution in [3.8, 4) is 0 Å². The van der Waals surface area contributed by atoms with Crippen LogP contribution in [0.25, 0.3) is 0 Å². The van der Waals surface area contributed by atoms with E-state index in [4.69, 9.17) is 0 Å². The van der Waals surface area contributed by atoms with Gasteiger partial charge in [0.1, 0.15) is 0 Å². The van der Waals surface area contributed by atoms with Crippen LogP contribution >= 0.6 is 0 Å². The van der Waals surface area contributed by atoms with Gasteiger partial charge in [0.05, 0.1) is 0 Å². The van der Waals surface area contributed by atoms with Crippen LogP contribution in [0.4, 0.5) is 0 Å². The molecule has 0 aliphatic carbocycles. The lowest BCUT2D eigenvalue weighted by Crippen LogP contribution is -2.52. The number of Topliss-reactive ketones (excluding diaryl/α,β-unsaturated/α-hetero) is 1. The number of carbonyl (C=O) groups is 2. The number of carbonyl (C=O) groups excluding carboxylic acids is 2. The maximum atomic E-state index is 11.6. The van der Waals surface area contributed by atoms with Crippen molar-refractivity contribution in [2.45, 2.75) is 33.2 Å². The maximum Gasteiger partial charge on any atom is 0.290 e. The van der Waals surface area contributed by atoms with Crippen LogP contribution < -0.4 is 0 Å². The molecule has 0 unspecified atom stereocenters. The van der Waals surface area contributed by atoms with Crippen LogP contribution in [0, 0.1) is 0 Å². The Hall–Kier alpha value is -0.900. The van der Waals surface area contributed by atoms with Gasteiger partial charge in [-0.25, -0.2) is 0 Å². The molecule has 0 atom stereocenters. The summed E-state index contributed by atoms with van der Waals surface area (Å²) in [6.45, 7) is 9.14. The molecule has 1 aliphatic heterocycles. The maximum absolute atomic E-state index is 11.6. The standard InChI is InChI=1S/C11H20N2O2/c1-4-10(14)11(15)13-7-5-12(6-8-13)9(2)3/h9H,4-8H2,1-3H3. The van der Waals surface area contributed by atoms with Crippen molar-refractivity contribution in [2.24, 2.45) is 0 Å². The van der Waals surface area contributed by atoms with E-state index >= 15 is 0 Å². The number of hydrogen-bond donors (Lipinski definition) is 0. The third kappa shape index (κ3) is 3.02. The highest BCUT2D eigenvalue weighted by Crippen LogP contribution is 2.06. The van der Waals surface area contributed by atoms with Gasteiger partial charge >= 0.3 is 0 Å². The van der Waals surface area contributed by atoms with Crippen molar-refractivity contribution < 1.29 is 9.59 Å². The molecule has 1 heterocycles. The topological polar surface area (TPSA) is 40.6 Å². The first kappa shape index (κ1) is 12.2. The Labute approximate surface area is 91.2 Å². The molecule has 0 aromatic heterocycles. The minimum atomic E-state index is -0.305. The van der Waals surface area contributed by atoms with E-state index in [1.165, 1.54) is 0 Å². The fourth-order valence-electron chi connectivity index (χ4n) is 1.77. The summed E-state index contributed by atoms with van der Waals surface area (Å²) in [5.74, 6) is -0.575. The summed E-state index contributed by atoms with van der Waals surface area (Å²) in [7, 11) is 0. The van der Waals surface area contributed by atoms with Gasteiger partial charge in [0.2, 0.25) is 5.78 Å². The van der Waals surface area contributed by atoms with Gasteiger partial charge in [0.15, 0.2) is 0 Å². The van der Waals surface area contributed by atoms with Gasteiger partial charge in [-0.05, 0) is 13.8 Å². The molecule has 0 saturated carbocycles. The van der Waals surface area contributed by atoms with E-state index in [9.17, 15) is 9.59 Å². The highest BCUT2D eigenvalue weighted by Gasteiger charge is 2.25. The first-order valence-electron chi connectivity index (χ1n) is 5.62. The third-order valence-electron chi connectivity index (χ3n) is 2.89. The highest BCUT2D eigenvalue weighted by molar-refractivity contribution is 6.35. The fourth-order valence-corrected chi connectivity index (χ4v) is 1.77. The van der Waals surface area contributed by atoms with Gasteiger partial charge < -0.3 is 4.90 Å². The molecule has 0 bridgehead atoms. The molecule has 1 aliphatic rings. The van der Waals surface area contributed by atoms with Crippen LogP contribution in [0.2, 0.25) is 0 Å². The molecule has 4 nitrogen and oxygen atoms in total. The summed E-state index contributed by atoms with van der Waals surface area (Å²) < 4.78 is 0. The largest absolute Gasteiger partial charge is 0.334 e. The zero-order valence-electron chi connectivity index (χ0n) is 9.82. The molecule has 0 spiro atoms. The Morgan fingerprint density at radius 1 is 1.13 bits per heavy atom. The van der Waals surface area contributed by atoms with Gasteiger partial charge in [0.25, 0.3) is 5.91 Å². The summed E-state index contributed by atoms with van der Waals surface area (Å²) in [6, 6.07) is 0.518. The van der Waals surface area contributed by atoms with Crippen molar-refractivity contribution in [2.75, 3.05) is 26.2 Å². The van der Waals surface area contributed by atoms with E-state index < -0.39 is 0 Å². The first-order valence-corrected chi connectivity index (χ1v) is 5.62. The lowest BCUT2D eigenvalue weighted by molar-refractivity contribution is -0.145.